The van der Waals surface area contributed by atoms with Crippen LogP contribution in [-0.2, 0) is 4.79 Å². The molecule has 2 heteroatoms. The predicted molar refractivity (Wildman–Crippen MR) is 85.9 cm³/mol. The zero-order valence-electron chi connectivity index (χ0n) is 12.4. The minimum absolute atomic E-state index is 0.136. The number of hydrogen-bond donors (Lipinski definition) is 1. The number of fused-ring (bicyclic) bond motifs is 1. The Balaban J connectivity index is 2.11. The fourth-order valence-corrected chi connectivity index (χ4v) is 2.61. The van der Waals surface area contributed by atoms with E-state index in [0.29, 0.717) is 0 Å². The Morgan fingerprint density at radius 2 is 1.65 bits per heavy atom. The van der Waals surface area contributed by atoms with Crippen LogP contribution in [0, 0.1) is 5.92 Å². The van der Waals surface area contributed by atoms with Crippen molar-refractivity contribution in [1.29, 1.82) is 0 Å². The van der Waals surface area contributed by atoms with E-state index in [4.69, 9.17) is 0 Å². The van der Waals surface area contributed by atoms with Crippen LogP contribution in [-0.4, -0.2) is 5.91 Å². The lowest BCUT2D eigenvalue weighted by molar-refractivity contribution is -0.120. The number of carbonyl (C=O) groups is 1. The lowest BCUT2D eigenvalue weighted by Crippen LogP contribution is -2.22. The molecule has 0 aliphatic carbocycles. The van der Waals surface area contributed by atoms with Crippen LogP contribution in [0.25, 0.3) is 10.8 Å². The maximum Gasteiger partial charge on any atom is 0.227 e. The van der Waals surface area contributed by atoms with Gasteiger partial charge in [0.05, 0.1) is 0 Å². The fourth-order valence-electron chi connectivity index (χ4n) is 2.61. The topological polar surface area (TPSA) is 29.1 Å². The predicted octanol–water partition coefficient (Wildman–Crippen LogP) is 4.99. The van der Waals surface area contributed by atoms with Gasteiger partial charge in [0.2, 0.25) is 5.91 Å². The Kier molecular flexibility index (Phi) is 5.16. The fraction of sp³-hybridized carbons (Fsp3) is 0.389. The highest BCUT2D eigenvalue weighted by Crippen LogP contribution is 2.21. The zero-order valence-corrected chi connectivity index (χ0v) is 12.4. The molecule has 0 aliphatic heterocycles. The van der Waals surface area contributed by atoms with E-state index in [-0.39, 0.29) is 11.8 Å². The molecular formula is C18H23NO. The summed E-state index contributed by atoms with van der Waals surface area (Å²) < 4.78 is 0. The Morgan fingerprint density at radius 3 is 2.30 bits per heavy atom. The first-order valence-corrected chi connectivity index (χ1v) is 7.54. The number of benzene rings is 2. The second kappa shape index (κ2) is 7.09. The maximum absolute atomic E-state index is 12.3. The molecule has 0 spiro atoms. The summed E-state index contributed by atoms with van der Waals surface area (Å²) >= 11 is 0. The monoisotopic (exact) mass is 269 g/mol. The van der Waals surface area contributed by atoms with Crippen molar-refractivity contribution in [2.24, 2.45) is 5.92 Å². The molecule has 106 valence electrons. The van der Waals surface area contributed by atoms with E-state index in [9.17, 15) is 4.79 Å². The smallest absolute Gasteiger partial charge is 0.227 e. The molecule has 2 rings (SSSR count). The third-order valence-electron chi connectivity index (χ3n) is 3.66. The summed E-state index contributed by atoms with van der Waals surface area (Å²) in [6.07, 6.45) is 4.03. The highest BCUT2D eigenvalue weighted by atomic mass is 16.1. The van der Waals surface area contributed by atoms with Gasteiger partial charge in [-0.1, -0.05) is 57.0 Å². The Bertz CT molecular complexity index is 570. The van der Waals surface area contributed by atoms with Crippen LogP contribution in [0.15, 0.2) is 42.5 Å². The van der Waals surface area contributed by atoms with Crippen molar-refractivity contribution in [2.75, 3.05) is 5.32 Å². The van der Waals surface area contributed by atoms with Gasteiger partial charge in [-0.05, 0) is 35.7 Å². The summed E-state index contributed by atoms with van der Waals surface area (Å²) in [5.74, 6) is 0.292. The molecule has 0 saturated carbocycles. The third-order valence-corrected chi connectivity index (χ3v) is 3.66. The SMILES string of the molecule is CCCC(CCC)C(=O)Nc1ccc2ccccc2c1. The van der Waals surface area contributed by atoms with Crippen molar-refractivity contribution >= 4 is 22.4 Å². The molecule has 0 atom stereocenters. The first-order valence-electron chi connectivity index (χ1n) is 7.54. The van der Waals surface area contributed by atoms with Crippen molar-refractivity contribution in [1.82, 2.24) is 0 Å². The molecule has 1 amide bonds. The summed E-state index contributed by atoms with van der Waals surface area (Å²) in [5, 5.41) is 5.42. The van der Waals surface area contributed by atoms with Gasteiger partial charge in [0, 0.05) is 11.6 Å². The van der Waals surface area contributed by atoms with Gasteiger partial charge in [0.25, 0.3) is 0 Å². The molecule has 2 aromatic rings. The van der Waals surface area contributed by atoms with E-state index in [1.54, 1.807) is 0 Å². The van der Waals surface area contributed by atoms with Crippen LogP contribution < -0.4 is 5.32 Å². The molecular weight excluding hydrogens is 246 g/mol. The van der Waals surface area contributed by atoms with Gasteiger partial charge in [-0.25, -0.2) is 0 Å². The number of rotatable bonds is 6. The number of nitrogens with one attached hydrogen (secondary N) is 1. The van der Waals surface area contributed by atoms with Crippen molar-refractivity contribution in [2.45, 2.75) is 39.5 Å². The highest BCUT2D eigenvalue weighted by molar-refractivity contribution is 5.95. The molecule has 0 fully saturated rings. The van der Waals surface area contributed by atoms with Gasteiger partial charge in [-0.3, -0.25) is 4.79 Å². The second-order valence-electron chi connectivity index (χ2n) is 5.33. The second-order valence-corrected chi connectivity index (χ2v) is 5.33. The standard InChI is InChI=1S/C18H23NO/c1-3-7-15(8-4-2)18(20)19-17-12-11-14-9-5-6-10-16(14)13-17/h5-6,9-13,15H,3-4,7-8H2,1-2H3,(H,19,20). The van der Waals surface area contributed by atoms with Crippen molar-refractivity contribution in [3.8, 4) is 0 Å². The Labute approximate surface area is 121 Å². The Morgan fingerprint density at radius 1 is 1.00 bits per heavy atom. The minimum atomic E-state index is 0.136. The molecule has 0 bridgehead atoms. The van der Waals surface area contributed by atoms with Crippen LogP contribution in [0.3, 0.4) is 0 Å². The molecule has 2 nitrogen and oxygen atoms in total. The summed E-state index contributed by atoms with van der Waals surface area (Å²) in [4.78, 5) is 12.3. The van der Waals surface area contributed by atoms with Crippen LogP contribution in [0.2, 0.25) is 0 Å². The lowest BCUT2D eigenvalue weighted by atomic mass is 9.97. The molecule has 0 aliphatic rings. The summed E-state index contributed by atoms with van der Waals surface area (Å²) in [5.41, 5.74) is 0.894. The van der Waals surface area contributed by atoms with Gasteiger partial charge >= 0.3 is 0 Å². The van der Waals surface area contributed by atoms with Crippen molar-refractivity contribution in [3.05, 3.63) is 42.5 Å². The quantitative estimate of drug-likeness (QED) is 0.786. The summed E-state index contributed by atoms with van der Waals surface area (Å²) in [6.45, 7) is 4.26. The van der Waals surface area contributed by atoms with Gasteiger partial charge < -0.3 is 5.32 Å². The van der Waals surface area contributed by atoms with Gasteiger partial charge in [-0.2, -0.15) is 0 Å². The third kappa shape index (κ3) is 3.60. The summed E-state index contributed by atoms with van der Waals surface area (Å²) in [6, 6.07) is 14.3. The van der Waals surface area contributed by atoms with Crippen molar-refractivity contribution in [3.63, 3.8) is 0 Å². The maximum atomic E-state index is 12.3. The molecule has 0 aromatic heterocycles. The normalized spacial score (nSPS) is 10.9. The molecule has 0 unspecified atom stereocenters. The van der Waals surface area contributed by atoms with E-state index in [1.807, 2.05) is 24.3 Å². The number of anilines is 1. The first kappa shape index (κ1) is 14.6. The van der Waals surface area contributed by atoms with E-state index in [1.165, 1.54) is 5.39 Å². The molecule has 0 saturated heterocycles. The van der Waals surface area contributed by atoms with Crippen LogP contribution in [0.4, 0.5) is 5.69 Å². The highest BCUT2D eigenvalue weighted by Gasteiger charge is 2.16. The largest absolute Gasteiger partial charge is 0.326 e. The van der Waals surface area contributed by atoms with E-state index in [2.05, 4.69) is 37.4 Å². The molecule has 1 N–H and O–H groups in total. The van der Waals surface area contributed by atoms with Crippen molar-refractivity contribution < 1.29 is 4.79 Å². The zero-order chi connectivity index (χ0) is 14.4. The number of amides is 1. The summed E-state index contributed by atoms with van der Waals surface area (Å²) in [7, 11) is 0. The molecule has 20 heavy (non-hydrogen) atoms. The van der Waals surface area contributed by atoms with E-state index >= 15 is 0 Å². The van der Waals surface area contributed by atoms with E-state index < -0.39 is 0 Å². The molecule has 0 heterocycles. The van der Waals surface area contributed by atoms with E-state index in [0.717, 1.165) is 36.8 Å². The minimum Gasteiger partial charge on any atom is -0.326 e. The van der Waals surface area contributed by atoms with Crippen LogP contribution >= 0.6 is 0 Å². The van der Waals surface area contributed by atoms with Crippen LogP contribution in [0.5, 0.6) is 0 Å². The van der Waals surface area contributed by atoms with Gasteiger partial charge in [0.1, 0.15) is 0 Å². The molecule has 0 radical (unpaired) electrons. The molecule has 2 aromatic carbocycles. The Hall–Kier alpha value is -1.83. The van der Waals surface area contributed by atoms with Crippen LogP contribution in [0.1, 0.15) is 39.5 Å². The average Bonchev–Trinajstić information content (AvgIpc) is 2.47. The van der Waals surface area contributed by atoms with Gasteiger partial charge in [-0.15, -0.1) is 0 Å². The number of carbonyl (C=O) groups excluding carboxylic acids is 1. The first-order chi connectivity index (χ1) is 9.74. The van der Waals surface area contributed by atoms with Gasteiger partial charge in [0.15, 0.2) is 0 Å². The number of hydrogen-bond acceptors (Lipinski definition) is 1. The lowest BCUT2D eigenvalue weighted by Gasteiger charge is -2.15. The average molecular weight is 269 g/mol.